The Hall–Kier alpha value is -3.54. The summed E-state index contributed by atoms with van der Waals surface area (Å²) in [5, 5.41) is 11.6. The minimum absolute atomic E-state index is 0.0229. The third-order valence-corrected chi connectivity index (χ3v) is 8.38. The lowest BCUT2D eigenvalue weighted by atomic mass is 9.90. The number of rotatable bonds is 12. The second kappa shape index (κ2) is 16.9. The predicted molar refractivity (Wildman–Crippen MR) is 159 cm³/mol. The number of amidine groups is 2. The van der Waals surface area contributed by atoms with Crippen molar-refractivity contribution in [2.75, 3.05) is 27.3 Å². The number of carbonyl (C=O) groups excluding carboxylic acids is 3. The smallest absolute Gasteiger partial charge is 0.397 e. The molecule has 0 spiro atoms. The number of esters is 1. The first kappa shape index (κ1) is 35.7. The fraction of sp³-hybridized carbons (Fsp3) is 0.538. The number of aliphatic carboxylic acids is 1. The quantitative estimate of drug-likeness (QED) is 0.0827. The molecule has 1 saturated heterocycles. The van der Waals surface area contributed by atoms with Crippen LogP contribution in [0, 0.1) is 0 Å². The summed E-state index contributed by atoms with van der Waals surface area (Å²) in [6.07, 6.45) is 3.56. The molecule has 1 aromatic rings. The summed E-state index contributed by atoms with van der Waals surface area (Å²) < 4.78 is 34.3. The van der Waals surface area contributed by atoms with E-state index in [1.54, 1.807) is 24.3 Å². The van der Waals surface area contributed by atoms with Gasteiger partial charge in [-0.2, -0.15) is 13.4 Å². The van der Waals surface area contributed by atoms with Gasteiger partial charge in [0.15, 0.2) is 5.17 Å². The van der Waals surface area contributed by atoms with Gasteiger partial charge >= 0.3 is 22.3 Å². The number of hydrogen-bond acceptors (Lipinski definition) is 10. The van der Waals surface area contributed by atoms with Gasteiger partial charge in [0.2, 0.25) is 5.91 Å². The largest absolute Gasteiger partial charge is 0.481 e. The van der Waals surface area contributed by atoms with Crippen molar-refractivity contribution < 1.29 is 46.2 Å². The molecule has 43 heavy (non-hydrogen) atoms. The molecule has 238 valence electrons. The topological polar surface area (TPSA) is 227 Å². The minimum Gasteiger partial charge on any atom is -0.481 e. The van der Waals surface area contributed by atoms with Crippen molar-refractivity contribution in [3.63, 3.8) is 0 Å². The summed E-state index contributed by atoms with van der Waals surface area (Å²) in [7, 11) is -1.99. The van der Waals surface area contributed by atoms with Crippen LogP contribution in [0.15, 0.2) is 34.3 Å². The van der Waals surface area contributed by atoms with Crippen LogP contribution in [0.5, 0.6) is 0 Å². The molecule has 0 radical (unpaired) electrons. The van der Waals surface area contributed by atoms with Crippen LogP contribution >= 0.6 is 11.8 Å². The first-order valence-corrected chi connectivity index (χ1v) is 15.6. The highest BCUT2D eigenvalue weighted by Gasteiger charge is 2.45. The maximum atomic E-state index is 13.0. The number of carboxylic acid groups (broad SMARTS) is 1. The summed E-state index contributed by atoms with van der Waals surface area (Å²) in [5.74, 6) is -1.63. The number of amides is 2. The summed E-state index contributed by atoms with van der Waals surface area (Å²) in [6, 6.07) is 6.68. The van der Waals surface area contributed by atoms with Gasteiger partial charge in [0.05, 0.1) is 20.6 Å². The molecule has 1 aromatic carbocycles. The van der Waals surface area contributed by atoms with Gasteiger partial charge in [0.1, 0.15) is 11.1 Å². The number of benzene rings is 1. The second-order valence-electron chi connectivity index (χ2n) is 9.52. The molecule has 5 N–H and O–H groups in total. The van der Waals surface area contributed by atoms with Gasteiger partial charge in [0, 0.05) is 42.7 Å². The zero-order valence-electron chi connectivity index (χ0n) is 24.1. The Morgan fingerprint density at radius 1 is 1.12 bits per heavy atom. The molecule has 2 fully saturated rings. The zero-order valence-corrected chi connectivity index (χ0v) is 25.7. The molecule has 1 aliphatic carbocycles. The molecule has 17 heteroatoms. The lowest BCUT2D eigenvalue weighted by Gasteiger charge is -2.39. The van der Waals surface area contributed by atoms with E-state index < -0.39 is 33.5 Å². The Bertz CT molecular complexity index is 1310. The number of ether oxygens (including phenoxy) is 1. The lowest BCUT2D eigenvalue weighted by Crippen LogP contribution is -2.49. The molecule has 1 heterocycles. The Labute approximate surface area is 254 Å². The number of thioether (sulfide) groups is 1. The van der Waals surface area contributed by atoms with Crippen LogP contribution in [0.4, 0.5) is 0 Å². The summed E-state index contributed by atoms with van der Waals surface area (Å²) >= 11 is 1.27. The summed E-state index contributed by atoms with van der Waals surface area (Å²) in [5.41, 5.74) is 6.98. The highest BCUT2D eigenvalue weighted by molar-refractivity contribution is 8.15. The van der Waals surface area contributed by atoms with Crippen molar-refractivity contribution in [1.82, 2.24) is 10.2 Å². The number of aliphatic imine (C=N–C) groups is 2. The Morgan fingerprint density at radius 2 is 1.72 bits per heavy atom. The van der Waals surface area contributed by atoms with Crippen molar-refractivity contribution in [2.45, 2.75) is 62.8 Å². The summed E-state index contributed by atoms with van der Waals surface area (Å²) in [4.78, 5) is 58.4. The molecular weight excluding hydrogens is 606 g/mol. The molecule has 2 unspecified atom stereocenters. The van der Waals surface area contributed by atoms with Gasteiger partial charge in [-0.1, -0.05) is 23.9 Å². The lowest BCUT2D eigenvalue weighted by molar-refractivity contribution is -0.140. The Morgan fingerprint density at radius 3 is 2.23 bits per heavy atom. The zero-order chi connectivity index (χ0) is 32.2. The fourth-order valence-corrected chi connectivity index (χ4v) is 5.37. The molecule has 0 bridgehead atoms. The van der Waals surface area contributed by atoms with Gasteiger partial charge < -0.3 is 25.8 Å². The number of nitrogens with zero attached hydrogens (tertiary/aromatic N) is 3. The van der Waals surface area contributed by atoms with E-state index in [1.165, 1.54) is 18.9 Å². The number of carbonyl (C=O) groups is 4. The Balaban J connectivity index is 0.000000973. The van der Waals surface area contributed by atoms with Crippen molar-refractivity contribution in [3.8, 4) is 0 Å². The van der Waals surface area contributed by atoms with Crippen molar-refractivity contribution >= 4 is 56.9 Å². The molecule has 1 saturated carbocycles. The van der Waals surface area contributed by atoms with Crippen LogP contribution in [0.25, 0.3) is 0 Å². The number of nitrogens with two attached hydrogens (primary N) is 1. The van der Waals surface area contributed by atoms with Gasteiger partial charge in [-0.3, -0.25) is 32.9 Å². The van der Waals surface area contributed by atoms with Crippen molar-refractivity contribution in [3.05, 3.63) is 35.4 Å². The van der Waals surface area contributed by atoms with Crippen molar-refractivity contribution in [2.24, 2.45) is 15.7 Å². The highest BCUT2D eigenvalue weighted by atomic mass is 32.3. The third-order valence-electron chi connectivity index (χ3n) is 6.58. The van der Waals surface area contributed by atoms with Crippen LogP contribution in [0.3, 0.4) is 0 Å². The van der Waals surface area contributed by atoms with Crippen LogP contribution < -0.4 is 11.1 Å². The molecule has 2 amide bonds. The first-order valence-electron chi connectivity index (χ1n) is 13.3. The van der Waals surface area contributed by atoms with Gasteiger partial charge in [-0.05, 0) is 44.7 Å². The van der Waals surface area contributed by atoms with E-state index in [-0.39, 0.29) is 43.2 Å². The van der Waals surface area contributed by atoms with E-state index in [4.69, 9.17) is 15.4 Å². The fourth-order valence-electron chi connectivity index (χ4n) is 4.05. The Kier molecular flexibility index (Phi) is 14.0. The minimum atomic E-state index is -4.16. The van der Waals surface area contributed by atoms with Gasteiger partial charge in [-0.15, -0.1) is 0 Å². The normalized spacial score (nSPS) is 19.7. The van der Waals surface area contributed by atoms with Crippen LogP contribution in [-0.2, 0) is 33.7 Å². The van der Waals surface area contributed by atoms with E-state index in [1.807, 2.05) is 6.92 Å². The molecular formula is C26H37N5O10S2. The molecule has 2 aliphatic rings. The summed E-state index contributed by atoms with van der Waals surface area (Å²) in [6.45, 7) is 2.44. The predicted octanol–water partition coefficient (Wildman–Crippen LogP) is 1.23. The van der Waals surface area contributed by atoms with E-state index in [9.17, 15) is 27.6 Å². The van der Waals surface area contributed by atoms with Gasteiger partial charge in [-0.25, -0.2) is 0 Å². The third kappa shape index (κ3) is 11.6. The first-order chi connectivity index (χ1) is 20.3. The maximum Gasteiger partial charge on any atom is 0.397 e. The number of hydrogen-bond donors (Lipinski definition) is 4. The average Bonchev–Trinajstić information content (AvgIpc) is 3.24. The number of methoxy groups -OCH3 is 1. The molecule has 1 aliphatic heterocycles. The van der Waals surface area contributed by atoms with Crippen LogP contribution in [-0.4, -0.2) is 102 Å². The monoisotopic (exact) mass is 643 g/mol. The van der Waals surface area contributed by atoms with Crippen LogP contribution in [0.1, 0.15) is 61.4 Å². The molecule has 2 atom stereocenters. The molecule has 0 aromatic heterocycles. The molecule has 15 nitrogen and oxygen atoms in total. The standard InChI is InChI=1S/C25H33N5O6S.CH4O4S/c1-15-21(24(35)28-14-12-20(33)36-2)37-25(30(15)18-5-3-6-18)29-23(34)17-10-8-16(9-11-17)22(26)27-13-4-7-19(31)32;1-5-6(2,3)4/h8-11,15,18,21H,3-7,12-14H2,1-2H3,(H2,26,27)(H,28,35)(H,31,32);1H3,(H,2,3,4). The molecule has 3 rings (SSSR count). The average molecular weight is 644 g/mol. The van der Waals surface area contributed by atoms with E-state index in [0.29, 0.717) is 29.3 Å². The van der Waals surface area contributed by atoms with E-state index >= 15 is 0 Å². The SMILES string of the molecule is COC(=O)CCNC(=O)C1SC(=NC(=O)c2ccc(C(N)=NCCCC(=O)O)cc2)N(C2CCC2)C1C.COS(=O)(=O)O. The maximum absolute atomic E-state index is 13.0. The van der Waals surface area contributed by atoms with E-state index in [0.717, 1.165) is 26.4 Å². The number of nitrogens with one attached hydrogen (secondary N) is 1. The number of carboxylic acids is 1. The highest BCUT2D eigenvalue weighted by Crippen LogP contribution is 2.39. The van der Waals surface area contributed by atoms with E-state index in [2.05, 4.69) is 29.1 Å². The van der Waals surface area contributed by atoms with Crippen LogP contribution in [0.2, 0.25) is 0 Å². The van der Waals surface area contributed by atoms with Crippen molar-refractivity contribution in [1.29, 1.82) is 0 Å². The second-order valence-corrected chi connectivity index (χ2v) is 11.8. The van der Waals surface area contributed by atoms with Gasteiger partial charge in [0.25, 0.3) is 5.91 Å².